The highest BCUT2D eigenvalue weighted by Crippen LogP contribution is 2.13. The van der Waals surface area contributed by atoms with Crippen molar-refractivity contribution in [2.75, 3.05) is 5.32 Å². The molecule has 2 aromatic carbocycles. The van der Waals surface area contributed by atoms with E-state index in [-0.39, 0.29) is 18.1 Å². The number of phenolic OH excluding ortho intramolecular Hbond substituents is 1. The van der Waals surface area contributed by atoms with Crippen LogP contribution in [0.4, 0.5) is 5.69 Å². The van der Waals surface area contributed by atoms with Gasteiger partial charge in [-0.25, -0.2) is 0 Å². The first-order chi connectivity index (χ1) is 9.17. The van der Waals surface area contributed by atoms with Crippen LogP contribution in [0.25, 0.3) is 0 Å². The van der Waals surface area contributed by atoms with Gasteiger partial charge in [-0.15, -0.1) is 0 Å². The summed E-state index contributed by atoms with van der Waals surface area (Å²) < 4.78 is 0. The molecule has 0 atom stereocenters. The second-order valence-electron chi connectivity index (χ2n) is 4.09. The summed E-state index contributed by atoms with van der Waals surface area (Å²) in [4.78, 5) is 11.8. The summed E-state index contributed by atoms with van der Waals surface area (Å²) in [5.41, 5.74) is 1.81. The van der Waals surface area contributed by atoms with Gasteiger partial charge in [-0.3, -0.25) is 4.79 Å². The van der Waals surface area contributed by atoms with Crippen LogP contribution in [0.15, 0.2) is 48.5 Å². The average molecular weight is 252 g/mol. The van der Waals surface area contributed by atoms with Crippen LogP contribution in [-0.2, 0) is 11.2 Å². The van der Waals surface area contributed by atoms with Gasteiger partial charge >= 0.3 is 0 Å². The number of aromatic hydroxyl groups is 1. The van der Waals surface area contributed by atoms with Crippen LogP contribution in [0.3, 0.4) is 0 Å². The number of benzene rings is 2. The normalized spacial score (nSPS) is 9.63. The van der Waals surface area contributed by atoms with Gasteiger partial charge in [0.05, 0.1) is 18.1 Å². The van der Waals surface area contributed by atoms with Crippen LogP contribution in [0.5, 0.6) is 5.75 Å². The lowest BCUT2D eigenvalue weighted by molar-refractivity contribution is -0.115. The van der Waals surface area contributed by atoms with Crippen molar-refractivity contribution < 1.29 is 9.90 Å². The Balaban J connectivity index is 2.03. The Morgan fingerprint density at radius 3 is 2.74 bits per heavy atom. The molecule has 19 heavy (non-hydrogen) atoms. The number of hydrogen-bond donors (Lipinski definition) is 2. The number of nitrogens with one attached hydrogen (secondary N) is 1. The predicted molar refractivity (Wildman–Crippen MR) is 71.6 cm³/mol. The molecule has 0 bridgehead atoms. The van der Waals surface area contributed by atoms with Crippen molar-refractivity contribution in [2.24, 2.45) is 0 Å². The van der Waals surface area contributed by atoms with Gasteiger partial charge in [-0.05, 0) is 35.9 Å². The molecule has 94 valence electrons. The van der Waals surface area contributed by atoms with E-state index < -0.39 is 0 Å². The lowest BCUT2D eigenvalue weighted by atomic mass is 10.1. The van der Waals surface area contributed by atoms with Crippen LogP contribution in [-0.4, -0.2) is 11.0 Å². The third kappa shape index (κ3) is 3.58. The van der Waals surface area contributed by atoms with E-state index in [1.807, 2.05) is 6.07 Å². The number of carbonyl (C=O) groups is 1. The molecule has 2 aromatic rings. The van der Waals surface area contributed by atoms with Gasteiger partial charge in [0.2, 0.25) is 5.91 Å². The summed E-state index contributed by atoms with van der Waals surface area (Å²) in [6, 6.07) is 15.3. The van der Waals surface area contributed by atoms with Crippen LogP contribution in [0, 0.1) is 11.3 Å². The van der Waals surface area contributed by atoms with Crippen LogP contribution >= 0.6 is 0 Å². The fourth-order valence-corrected chi connectivity index (χ4v) is 1.72. The van der Waals surface area contributed by atoms with Crippen molar-refractivity contribution in [3.8, 4) is 11.8 Å². The highest BCUT2D eigenvalue weighted by atomic mass is 16.3. The molecule has 0 aromatic heterocycles. The molecule has 0 heterocycles. The third-order valence-corrected chi connectivity index (χ3v) is 2.55. The number of rotatable bonds is 3. The highest BCUT2D eigenvalue weighted by molar-refractivity contribution is 5.92. The van der Waals surface area contributed by atoms with E-state index in [1.54, 1.807) is 48.5 Å². The summed E-state index contributed by atoms with van der Waals surface area (Å²) in [6.45, 7) is 0. The van der Waals surface area contributed by atoms with Crippen LogP contribution in [0.2, 0.25) is 0 Å². The Hall–Kier alpha value is -2.80. The topological polar surface area (TPSA) is 73.1 Å². The van der Waals surface area contributed by atoms with E-state index in [4.69, 9.17) is 5.26 Å². The van der Waals surface area contributed by atoms with Crippen LogP contribution < -0.4 is 5.32 Å². The Labute approximate surface area is 110 Å². The third-order valence-electron chi connectivity index (χ3n) is 2.55. The summed E-state index contributed by atoms with van der Waals surface area (Å²) >= 11 is 0. The molecule has 2 rings (SSSR count). The standard InChI is InChI=1S/C15H12N2O2/c16-10-12-4-1-5-13(7-12)17-15(19)9-11-3-2-6-14(18)8-11/h1-8,18H,9H2,(H,17,19). The molecule has 0 aliphatic carbocycles. The van der Waals surface area contributed by atoms with E-state index in [1.165, 1.54) is 0 Å². The van der Waals surface area contributed by atoms with Crippen molar-refractivity contribution in [3.63, 3.8) is 0 Å². The maximum Gasteiger partial charge on any atom is 0.228 e. The first-order valence-electron chi connectivity index (χ1n) is 5.75. The highest BCUT2D eigenvalue weighted by Gasteiger charge is 2.05. The molecule has 0 fully saturated rings. The Bertz CT molecular complexity index is 645. The molecule has 0 spiro atoms. The molecule has 4 heteroatoms. The first-order valence-corrected chi connectivity index (χ1v) is 5.75. The zero-order valence-corrected chi connectivity index (χ0v) is 10.1. The van der Waals surface area contributed by atoms with Gasteiger partial charge in [-0.1, -0.05) is 18.2 Å². The molecular weight excluding hydrogens is 240 g/mol. The summed E-state index contributed by atoms with van der Waals surface area (Å²) in [6.07, 6.45) is 0.172. The smallest absolute Gasteiger partial charge is 0.228 e. The Morgan fingerprint density at radius 2 is 2.00 bits per heavy atom. The number of carbonyl (C=O) groups excluding carboxylic acids is 1. The number of phenols is 1. The molecule has 0 unspecified atom stereocenters. The maximum atomic E-state index is 11.8. The quantitative estimate of drug-likeness (QED) is 0.881. The minimum Gasteiger partial charge on any atom is -0.508 e. The van der Waals surface area contributed by atoms with Crippen molar-refractivity contribution in [1.29, 1.82) is 5.26 Å². The fourth-order valence-electron chi connectivity index (χ4n) is 1.72. The second kappa shape index (κ2) is 5.69. The molecule has 1 amide bonds. The fraction of sp³-hybridized carbons (Fsp3) is 0.0667. The van der Waals surface area contributed by atoms with E-state index in [0.717, 1.165) is 5.56 Å². The molecular formula is C15H12N2O2. The van der Waals surface area contributed by atoms with Gasteiger partial charge in [0.25, 0.3) is 0 Å². The van der Waals surface area contributed by atoms with Gasteiger partial charge in [0, 0.05) is 5.69 Å². The number of nitriles is 1. The zero-order chi connectivity index (χ0) is 13.7. The van der Waals surface area contributed by atoms with Gasteiger partial charge in [0.1, 0.15) is 5.75 Å². The second-order valence-corrected chi connectivity index (χ2v) is 4.09. The molecule has 0 radical (unpaired) electrons. The monoisotopic (exact) mass is 252 g/mol. The van der Waals surface area contributed by atoms with Gasteiger partial charge < -0.3 is 10.4 Å². The minimum atomic E-state index is -0.194. The minimum absolute atomic E-state index is 0.136. The average Bonchev–Trinajstić information content (AvgIpc) is 2.38. The summed E-state index contributed by atoms with van der Waals surface area (Å²) in [7, 11) is 0. The molecule has 0 saturated heterocycles. The van der Waals surface area contributed by atoms with Crippen molar-refractivity contribution >= 4 is 11.6 Å². The lowest BCUT2D eigenvalue weighted by Crippen LogP contribution is -2.14. The maximum absolute atomic E-state index is 11.8. The molecule has 2 N–H and O–H groups in total. The number of anilines is 1. The first kappa shape index (κ1) is 12.7. The largest absolute Gasteiger partial charge is 0.508 e. The number of nitrogens with zero attached hydrogens (tertiary/aromatic N) is 1. The summed E-state index contributed by atoms with van der Waals surface area (Å²) in [5, 5.41) is 20.8. The predicted octanol–water partition coefficient (Wildman–Crippen LogP) is 2.45. The number of amides is 1. The van der Waals surface area contributed by atoms with E-state index >= 15 is 0 Å². The molecule has 4 nitrogen and oxygen atoms in total. The zero-order valence-electron chi connectivity index (χ0n) is 10.1. The lowest BCUT2D eigenvalue weighted by Gasteiger charge is -2.05. The van der Waals surface area contributed by atoms with Crippen LogP contribution in [0.1, 0.15) is 11.1 Å². The Kier molecular flexibility index (Phi) is 3.79. The van der Waals surface area contributed by atoms with E-state index in [0.29, 0.717) is 11.3 Å². The molecule has 0 aliphatic heterocycles. The Morgan fingerprint density at radius 1 is 1.21 bits per heavy atom. The van der Waals surface area contributed by atoms with Crippen molar-refractivity contribution in [2.45, 2.75) is 6.42 Å². The van der Waals surface area contributed by atoms with Gasteiger partial charge in [-0.2, -0.15) is 5.26 Å². The van der Waals surface area contributed by atoms with Gasteiger partial charge in [0.15, 0.2) is 0 Å². The van der Waals surface area contributed by atoms with Crippen molar-refractivity contribution in [3.05, 3.63) is 59.7 Å². The van der Waals surface area contributed by atoms with E-state index in [2.05, 4.69) is 5.32 Å². The summed E-state index contributed by atoms with van der Waals surface area (Å²) in [5.74, 6) is -0.0579. The van der Waals surface area contributed by atoms with Crippen molar-refractivity contribution in [1.82, 2.24) is 0 Å². The molecule has 0 aliphatic rings. The molecule has 0 saturated carbocycles. The SMILES string of the molecule is N#Cc1cccc(NC(=O)Cc2cccc(O)c2)c1. The number of hydrogen-bond acceptors (Lipinski definition) is 3. The van der Waals surface area contributed by atoms with E-state index in [9.17, 15) is 9.90 Å².